The number of rotatable bonds is 1. The quantitative estimate of drug-likeness (QED) is 0.750. The lowest BCUT2D eigenvalue weighted by molar-refractivity contribution is 0.171. The maximum Gasteiger partial charge on any atom is 0.162 e. The van der Waals surface area contributed by atoms with Crippen LogP contribution >= 0.6 is 11.6 Å². The summed E-state index contributed by atoms with van der Waals surface area (Å²) in [4.78, 5) is 4.56. The summed E-state index contributed by atoms with van der Waals surface area (Å²) < 4.78 is 12.9. The predicted octanol–water partition coefficient (Wildman–Crippen LogP) is 3.01. The molecule has 0 bridgehead atoms. The van der Waals surface area contributed by atoms with Crippen LogP contribution in [0.2, 0.25) is 5.02 Å². The molecule has 5 nitrogen and oxygen atoms in total. The zero-order valence-electron chi connectivity index (χ0n) is 11.0. The fraction of sp³-hybridized carbons (Fsp3) is 0.133. The van der Waals surface area contributed by atoms with Crippen molar-refractivity contribution in [3.8, 4) is 22.8 Å². The van der Waals surface area contributed by atoms with E-state index in [2.05, 4.69) is 4.98 Å². The van der Waals surface area contributed by atoms with Gasteiger partial charge in [0.1, 0.15) is 13.2 Å². The third-order valence-electron chi connectivity index (χ3n) is 3.38. The minimum Gasteiger partial charge on any atom is -0.486 e. The van der Waals surface area contributed by atoms with Gasteiger partial charge in [-0.3, -0.25) is 0 Å². The Kier molecular flexibility index (Phi) is 2.68. The van der Waals surface area contributed by atoms with Gasteiger partial charge in [0.25, 0.3) is 0 Å². The summed E-state index contributed by atoms with van der Waals surface area (Å²) in [5, 5.41) is 0.575. The number of nitrogens with two attached hydrogens (primary N) is 1. The van der Waals surface area contributed by atoms with Crippen molar-refractivity contribution in [1.29, 1.82) is 0 Å². The number of ether oxygens (including phenoxy) is 2. The average Bonchev–Trinajstić information content (AvgIpc) is 2.91. The Balaban J connectivity index is 1.84. The van der Waals surface area contributed by atoms with E-state index in [1.165, 1.54) is 0 Å². The van der Waals surface area contributed by atoms with E-state index < -0.39 is 0 Å². The van der Waals surface area contributed by atoms with E-state index in [-0.39, 0.29) is 0 Å². The van der Waals surface area contributed by atoms with Gasteiger partial charge in [-0.15, -0.1) is 0 Å². The van der Waals surface area contributed by atoms with Crippen molar-refractivity contribution < 1.29 is 9.47 Å². The molecule has 3 heterocycles. The van der Waals surface area contributed by atoms with Crippen molar-refractivity contribution in [2.24, 2.45) is 0 Å². The number of halogens is 1. The molecule has 0 radical (unpaired) electrons. The zero-order valence-corrected chi connectivity index (χ0v) is 11.8. The van der Waals surface area contributed by atoms with Crippen LogP contribution in [-0.4, -0.2) is 22.6 Å². The van der Waals surface area contributed by atoms with Gasteiger partial charge in [-0.05, 0) is 24.3 Å². The minimum absolute atomic E-state index is 0.547. The molecule has 0 saturated heterocycles. The van der Waals surface area contributed by atoms with Crippen LogP contribution in [0.3, 0.4) is 0 Å². The number of nitrogen functional groups attached to an aromatic ring is 1. The molecule has 1 aliphatic rings. The van der Waals surface area contributed by atoms with Gasteiger partial charge in [0.05, 0.1) is 16.4 Å². The molecule has 3 aromatic rings. The summed E-state index contributed by atoms with van der Waals surface area (Å²) in [5.74, 6) is 1.50. The lowest BCUT2D eigenvalue weighted by atomic mass is 10.1. The summed E-state index contributed by atoms with van der Waals surface area (Å²) in [7, 11) is 0. The maximum absolute atomic E-state index is 6.01. The van der Waals surface area contributed by atoms with Crippen LogP contribution in [0.5, 0.6) is 11.5 Å². The van der Waals surface area contributed by atoms with Crippen molar-refractivity contribution in [1.82, 2.24) is 9.38 Å². The number of anilines is 1. The second kappa shape index (κ2) is 4.56. The number of benzene rings is 1. The van der Waals surface area contributed by atoms with Crippen molar-refractivity contribution in [3.63, 3.8) is 0 Å². The Morgan fingerprint density at radius 2 is 1.90 bits per heavy atom. The van der Waals surface area contributed by atoms with E-state index in [0.29, 0.717) is 29.6 Å². The molecule has 0 atom stereocenters. The average molecular weight is 302 g/mol. The Labute approximate surface area is 125 Å². The van der Waals surface area contributed by atoms with Gasteiger partial charge in [0, 0.05) is 18.0 Å². The van der Waals surface area contributed by atoms with E-state index in [0.717, 1.165) is 22.8 Å². The molecule has 2 aromatic heterocycles. The van der Waals surface area contributed by atoms with E-state index >= 15 is 0 Å². The van der Waals surface area contributed by atoms with E-state index in [9.17, 15) is 0 Å². The van der Waals surface area contributed by atoms with Gasteiger partial charge in [0.2, 0.25) is 0 Å². The molecule has 0 unspecified atom stereocenters. The van der Waals surface area contributed by atoms with E-state index in [1.807, 2.05) is 28.8 Å². The first-order valence-electron chi connectivity index (χ1n) is 6.54. The standard InChI is InChI=1S/C15H12ClN3O2/c16-10-6-11(17)15-18-12(8-19(15)7-10)9-1-2-13-14(5-9)21-4-3-20-13/h1-2,5-8H,3-4,17H2. The van der Waals surface area contributed by atoms with Crippen LogP contribution in [-0.2, 0) is 0 Å². The molecule has 1 aliphatic heterocycles. The van der Waals surface area contributed by atoms with Crippen LogP contribution in [0, 0.1) is 0 Å². The number of imidazole rings is 1. The highest BCUT2D eigenvalue weighted by Gasteiger charge is 2.14. The minimum atomic E-state index is 0.547. The predicted molar refractivity (Wildman–Crippen MR) is 81.0 cm³/mol. The summed E-state index contributed by atoms with van der Waals surface area (Å²) >= 11 is 6.01. The lowest BCUT2D eigenvalue weighted by Crippen LogP contribution is -2.15. The van der Waals surface area contributed by atoms with Gasteiger partial charge in [0.15, 0.2) is 17.1 Å². The molecule has 21 heavy (non-hydrogen) atoms. The highest BCUT2D eigenvalue weighted by Crippen LogP contribution is 2.34. The molecule has 0 saturated carbocycles. The highest BCUT2D eigenvalue weighted by molar-refractivity contribution is 6.30. The summed E-state index contributed by atoms with van der Waals surface area (Å²) in [6.45, 7) is 1.14. The summed E-state index contributed by atoms with van der Waals surface area (Å²) in [5.41, 5.74) is 8.93. The van der Waals surface area contributed by atoms with Gasteiger partial charge in [-0.1, -0.05) is 11.6 Å². The van der Waals surface area contributed by atoms with E-state index in [1.54, 1.807) is 12.3 Å². The number of pyridine rings is 1. The third kappa shape index (κ3) is 2.06. The molecule has 0 amide bonds. The van der Waals surface area contributed by atoms with Gasteiger partial charge in [-0.25, -0.2) is 4.98 Å². The highest BCUT2D eigenvalue weighted by atomic mass is 35.5. The normalized spacial score (nSPS) is 13.6. The molecular weight excluding hydrogens is 290 g/mol. The van der Waals surface area contributed by atoms with Crippen LogP contribution in [0.15, 0.2) is 36.7 Å². The Morgan fingerprint density at radius 1 is 1.10 bits per heavy atom. The van der Waals surface area contributed by atoms with Crippen LogP contribution in [0.1, 0.15) is 0 Å². The zero-order chi connectivity index (χ0) is 14.4. The summed E-state index contributed by atoms with van der Waals surface area (Å²) in [6, 6.07) is 7.46. The lowest BCUT2D eigenvalue weighted by Gasteiger charge is -2.18. The summed E-state index contributed by atoms with van der Waals surface area (Å²) in [6.07, 6.45) is 3.67. The number of hydrogen-bond acceptors (Lipinski definition) is 4. The Hall–Kier alpha value is -2.40. The monoisotopic (exact) mass is 301 g/mol. The molecule has 0 aliphatic carbocycles. The SMILES string of the molecule is Nc1cc(Cl)cn2cc(-c3ccc4c(c3)OCCO4)nc12. The molecular formula is C15H12ClN3O2. The molecule has 0 fully saturated rings. The fourth-order valence-electron chi connectivity index (χ4n) is 2.43. The largest absolute Gasteiger partial charge is 0.486 e. The second-order valence-corrected chi connectivity index (χ2v) is 5.27. The van der Waals surface area contributed by atoms with Gasteiger partial charge in [-0.2, -0.15) is 0 Å². The first-order valence-corrected chi connectivity index (χ1v) is 6.92. The molecule has 4 rings (SSSR count). The number of nitrogens with zero attached hydrogens (tertiary/aromatic N) is 2. The van der Waals surface area contributed by atoms with E-state index in [4.69, 9.17) is 26.8 Å². The van der Waals surface area contributed by atoms with Crippen molar-refractivity contribution in [2.45, 2.75) is 0 Å². The molecule has 1 aromatic carbocycles. The first kappa shape index (κ1) is 12.3. The molecule has 2 N–H and O–H groups in total. The third-order valence-corrected chi connectivity index (χ3v) is 3.59. The fourth-order valence-corrected chi connectivity index (χ4v) is 2.65. The molecule has 6 heteroatoms. The maximum atomic E-state index is 6.01. The van der Waals surface area contributed by atoms with Gasteiger partial charge >= 0.3 is 0 Å². The number of aromatic nitrogens is 2. The van der Waals surface area contributed by atoms with Crippen molar-refractivity contribution in [3.05, 3.63) is 41.7 Å². The van der Waals surface area contributed by atoms with Crippen molar-refractivity contribution in [2.75, 3.05) is 18.9 Å². The van der Waals surface area contributed by atoms with Gasteiger partial charge < -0.3 is 19.6 Å². The topological polar surface area (TPSA) is 61.8 Å². The molecule has 106 valence electrons. The van der Waals surface area contributed by atoms with Crippen LogP contribution in [0.25, 0.3) is 16.9 Å². The van der Waals surface area contributed by atoms with Crippen LogP contribution in [0.4, 0.5) is 5.69 Å². The smallest absolute Gasteiger partial charge is 0.162 e. The van der Waals surface area contributed by atoms with Crippen molar-refractivity contribution >= 4 is 22.9 Å². The first-order chi connectivity index (χ1) is 10.2. The molecule has 0 spiro atoms. The second-order valence-electron chi connectivity index (χ2n) is 4.83. The Bertz CT molecular complexity index is 844. The number of hydrogen-bond donors (Lipinski definition) is 1. The van der Waals surface area contributed by atoms with Crippen LogP contribution < -0.4 is 15.2 Å². The Morgan fingerprint density at radius 3 is 2.76 bits per heavy atom. The number of fused-ring (bicyclic) bond motifs is 2.